The molecule has 0 aromatic carbocycles. The van der Waals surface area contributed by atoms with Crippen LogP contribution < -0.4 is 5.73 Å². The van der Waals surface area contributed by atoms with Crippen LogP contribution >= 0.6 is 15.9 Å². The highest BCUT2D eigenvalue weighted by atomic mass is 79.9. The van der Waals surface area contributed by atoms with E-state index in [0.717, 1.165) is 23.1 Å². The first-order valence-electron chi connectivity index (χ1n) is 6.35. The Hall–Kier alpha value is -0.350. The number of halogens is 1. The molecule has 0 amide bonds. The van der Waals surface area contributed by atoms with Gasteiger partial charge in [0.25, 0.3) is 0 Å². The van der Waals surface area contributed by atoms with Gasteiger partial charge in [-0.05, 0) is 55.0 Å². The van der Waals surface area contributed by atoms with Gasteiger partial charge in [0.1, 0.15) is 0 Å². The van der Waals surface area contributed by atoms with Crippen molar-refractivity contribution in [3.05, 3.63) is 15.9 Å². The molecule has 1 aromatic rings. The van der Waals surface area contributed by atoms with Crippen LogP contribution in [0.15, 0.2) is 4.47 Å². The van der Waals surface area contributed by atoms with Crippen molar-refractivity contribution < 1.29 is 0 Å². The van der Waals surface area contributed by atoms with E-state index < -0.39 is 0 Å². The van der Waals surface area contributed by atoms with E-state index in [1.165, 1.54) is 5.69 Å². The molecular weight excluding hydrogens is 278 g/mol. The first-order chi connectivity index (χ1) is 7.88. The van der Waals surface area contributed by atoms with E-state index in [-0.39, 0.29) is 6.04 Å². The zero-order chi connectivity index (χ0) is 13.2. The van der Waals surface area contributed by atoms with Gasteiger partial charge in [0.05, 0.1) is 15.9 Å². The number of rotatable bonds is 5. The van der Waals surface area contributed by atoms with Gasteiger partial charge in [0.2, 0.25) is 0 Å². The molecule has 0 aliphatic heterocycles. The molecule has 3 nitrogen and oxygen atoms in total. The first kappa shape index (κ1) is 14.7. The minimum absolute atomic E-state index is 0.211. The van der Waals surface area contributed by atoms with Crippen LogP contribution in [-0.4, -0.2) is 15.8 Å². The van der Waals surface area contributed by atoms with Crippen molar-refractivity contribution >= 4 is 15.9 Å². The van der Waals surface area contributed by atoms with E-state index in [2.05, 4.69) is 53.4 Å². The lowest BCUT2D eigenvalue weighted by Crippen LogP contribution is -2.32. The summed E-state index contributed by atoms with van der Waals surface area (Å²) < 4.78 is 3.22. The van der Waals surface area contributed by atoms with Crippen LogP contribution in [0.1, 0.15) is 39.1 Å². The Labute approximate surface area is 113 Å². The third kappa shape index (κ3) is 3.32. The minimum atomic E-state index is 0.211. The topological polar surface area (TPSA) is 43.8 Å². The van der Waals surface area contributed by atoms with E-state index in [1.807, 2.05) is 6.92 Å². The maximum atomic E-state index is 6.09. The van der Waals surface area contributed by atoms with Crippen molar-refractivity contribution in [1.82, 2.24) is 9.78 Å². The lowest BCUT2D eigenvalue weighted by molar-refractivity contribution is 0.322. The number of hydrogen-bond acceptors (Lipinski definition) is 2. The highest BCUT2D eigenvalue weighted by molar-refractivity contribution is 9.10. The molecule has 0 fully saturated rings. The lowest BCUT2D eigenvalue weighted by Gasteiger charge is -2.25. The van der Waals surface area contributed by atoms with Gasteiger partial charge in [-0.2, -0.15) is 5.10 Å². The SMILES string of the molecule is CCn1nc(C)c(Br)c1CC(C(C)C)C(C)N. The summed E-state index contributed by atoms with van der Waals surface area (Å²) in [7, 11) is 0. The molecule has 0 radical (unpaired) electrons. The Bertz CT molecular complexity index is 361. The van der Waals surface area contributed by atoms with Crippen molar-refractivity contribution in [3.63, 3.8) is 0 Å². The molecule has 0 saturated heterocycles. The Morgan fingerprint density at radius 1 is 1.35 bits per heavy atom. The van der Waals surface area contributed by atoms with Crippen molar-refractivity contribution in [3.8, 4) is 0 Å². The van der Waals surface area contributed by atoms with E-state index >= 15 is 0 Å². The van der Waals surface area contributed by atoms with Crippen molar-refractivity contribution in [2.24, 2.45) is 17.6 Å². The summed E-state index contributed by atoms with van der Waals surface area (Å²) in [6.07, 6.45) is 0.991. The van der Waals surface area contributed by atoms with Gasteiger partial charge in [-0.3, -0.25) is 4.68 Å². The van der Waals surface area contributed by atoms with Crippen LogP contribution in [0.2, 0.25) is 0 Å². The molecule has 2 unspecified atom stereocenters. The molecule has 0 bridgehead atoms. The molecule has 98 valence electrons. The van der Waals surface area contributed by atoms with Gasteiger partial charge in [-0.1, -0.05) is 13.8 Å². The first-order valence-corrected chi connectivity index (χ1v) is 7.15. The van der Waals surface area contributed by atoms with E-state index in [9.17, 15) is 0 Å². The molecule has 2 atom stereocenters. The van der Waals surface area contributed by atoms with Gasteiger partial charge in [0, 0.05) is 12.6 Å². The number of aromatic nitrogens is 2. The Morgan fingerprint density at radius 3 is 2.35 bits per heavy atom. The summed E-state index contributed by atoms with van der Waals surface area (Å²) in [5.74, 6) is 1.08. The second kappa shape index (κ2) is 6.01. The van der Waals surface area contributed by atoms with Crippen molar-refractivity contribution in [2.75, 3.05) is 0 Å². The number of nitrogens with zero attached hydrogens (tertiary/aromatic N) is 2. The molecule has 4 heteroatoms. The average molecular weight is 302 g/mol. The molecule has 0 spiro atoms. The monoisotopic (exact) mass is 301 g/mol. The molecule has 0 saturated carbocycles. The molecule has 0 aliphatic carbocycles. The van der Waals surface area contributed by atoms with Crippen LogP contribution in [0, 0.1) is 18.8 Å². The summed E-state index contributed by atoms with van der Waals surface area (Å²) in [4.78, 5) is 0. The molecular formula is C13H24BrN3. The summed E-state index contributed by atoms with van der Waals surface area (Å²) in [5, 5.41) is 4.53. The zero-order valence-corrected chi connectivity index (χ0v) is 13.1. The number of aryl methyl sites for hydroxylation is 2. The van der Waals surface area contributed by atoms with Gasteiger partial charge in [-0.25, -0.2) is 0 Å². The number of nitrogens with two attached hydrogens (primary N) is 1. The highest BCUT2D eigenvalue weighted by Gasteiger charge is 2.22. The Morgan fingerprint density at radius 2 is 1.94 bits per heavy atom. The Balaban J connectivity index is 3.00. The fraction of sp³-hybridized carbons (Fsp3) is 0.769. The molecule has 0 aliphatic rings. The standard InChI is InChI=1S/C13H24BrN3/c1-6-17-12(13(14)10(5)16-17)7-11(8(2)3)9(4)15/h8-9,11H,6-7,15H2,1-5H3. The van der Waals surface area contributed by atoms with Gasteiger partial charge in [0.15, 0.2) is 0 Å². The van der Waals surface area contributed by atoms with E-state index in [0.29, 0.717) is 11.8 Å². The third-order valence-corrected chi connectivity index (χ3v) is 4.45. The van der Waals surface area contributed by atoms with Crippen LogP contribution in [0.5, 0.6) is 0 Å². The van der Waals surface area contributed by atoms with Gasteiger partial charge >= 0.3 is 0 Å². The van der Waals surface area contributed by atoms with Crippen molar-refractivity contribution in [1.29, 1.82) is 0 Å². The fourth-order valence-corrected chi connectivity index (χ4v) is 2.76. The molecule has 1 heterocycles. The summed E-state index contributed by atoms with van der Waals surface area (Å²) >= 11 is 3.64. The summed E-state index contributed by atoms with van der Waals surface area (Å²) in [6, 6.07) is 0.211. The van der Waals surface area contributed by atoms with Gasteiger partial charge in [-0.15, -0.1) is 0 Å². The third-order valence-electron chi connectivity index (χ3n) is 3.41. The molecule has 17 heavy (non-hydrogen) atoms. The molecule has 2 N–H and O–H groups in total. The van der Waals surface area contributed by atoms with Crippen LogP contribution in [0.3, 0.4) is 0 Å². The average Bonchev–Trinajstić information content (AvgIpc) is 2.51. The zero-order valence-electron chi connectivity index (χ0n) is 11.5. The summed E-state index contributed by atoms with van der Waals surface area (Å²) in [6.45, 7) is 11.6. The van der Waals surface area contributed by atoms with Crippen LogP contribution in [-0.2, 0) is 13.0 Å². The smallest absolute Gasteiger partial charge is 0.0738 e. The second-order valence-electron chi connectivity index (χ2n) is 5.13. The predicted molar refractivity (Wildman–Crippen MR) is 76.0 cm³/mol. The Kier molecular flexibility index (Phi) is 5.20. The van der Waals surface area contributed by atoms with Crippen LogP contribution in [0.25, 0.3) is 0 Å². The predicted octanol–water partition coefficient (Wildman–Crippen LogP) is 3.14. The molecule has 1 rings (SSSR count). The molecule has 1 aromatic heterocycles. The summed E-state index contributed by atoms with van der Waals surface area (Å²) in [5.41, 5.74) is 8.43. The normalized spacial score (nSPS) is 15.3. The minimum Gasteiger partial charge on any atom is -0.328 e. The lowest BCUT2D eigenvalue weighted by atomic mass is 9.86. The van der Waals surface area contributed by atoms with Gasteiger partial charge < -0.3 is 5.73 Å². The van der Waals surface area contributed by atoms with Crippen LogP contribution in [0.4, 0.5) is 0 Å². The second-order valence-corrected chi connectivity index (χ2v) is 5.93. The van der Waals surface area contributed by atoms with Crippen molar-refractivity contribution in [2.45, 2.75) is 53.6 Å². The highest BCUT2D eigenvalue weighted by Crippen LogP contribution is 2.27. The van der Waals surface area contributed by atoms with E-state index in [4.69, 9.17) is 5.73 Å². The van der Waals surface area contributed by atoms with E-state index in [1.54, 1.807) is 0 Å². The number of hydrogen-bond donors (Lipinski definition) is 1. The maximum absolute atomic E-state index is 6.09. The quantitative estimate of drug-likeness (QED) is 0.908. The fourth-order valence-electron chi connectivity index (χ4n) is 2.32. The maximum Gasteiger partial charge on any atom is 0.0738 e. The largest absolute Gasteiger partial charge is 0.328 e.